The maximum Gasteiger partial charge on any atom is 0.411 e. The zero-order valence-corrected chi connectivity index (χ0v) is 12.7. The van der Waals surface area contributed by atoms with Gasteiger partial charge in [0.25, 0.3) is 0 Å². The SMILES string of the molecule is C=C(Cl)COC(=O)N(C(S)CS)C(S)CS. The lowest BCUT2D eigenvalue weighted by Crippen LogP contribution is -2.44. The van der Waals surface area contributed by atoms with Crippen LogP contribution in [0.25, 0.3) is 0 Å². The molecule has 0 aromatic rings. The summed E-state index contributed by atoms with van der Waals surface area (Å²) < 4.78 is 4.90. The van der Waals surface area contributed by atoms with E-state index in [2.05, 4.69) is 57.1 Å². The highest BCUT2D eigenvalue weighted by molar-refractivity contribution is 7.85. The summed E-state index contributed by atoms with van der Waals surface area (Å²) in [6.07, 6.45) is -0.565. The van der Waals surface area contributed by atoms with Crippen molar-refractivity contribution in [2.45, 2.75) is 10.7 Å². The monoisotopic (exact) mass is 319 g/mol. The molecule has 0 saturated carbocycles. The van der Waals surface area contributed by atoms with Crippen molar-refractivity contribution in [3.05, 3.63) is 11.6 Å². The first-order valence-corrected chi connectivity index (χ1v) is 6.97. The van der Waals surface area contributed by atoms with Gasteiger partial charge in [-0.15, -0.1) is 0 Å². The number of thiol groups is 4. The number of rotatable bonds is 6. The molecule has 0 aliphatic rings. The standard InChI is InChI=1S/C8H14ClNO2S4/c1-5(9)2-12-8(11)10(6(15)3-13)7(16)4-14/h6-7,13-16H,1-4H2. The molecule has 94 valence electrons. The molecular formula is C8H14ClNO2S4. The van der Waals surface area contributed by atoms with Crippen LogP contribution in [0.2, 0.25) is 0 Å². The lowest BCUT2D eigenvalue weighted by Gasteiger charge is -2.30. The third-order valence-electron chi connectivity index (χ3n) is 1.53. The minimum Gasteiger partial charge on any atom is -0.444 e. The average molecular weight is 320 g/mol. The molecule has 0 spiro atoms. The van der Waals surface area contributed by atoms with E-state index >= 15 is 0 Å². The normalized spacial score (nSPS) is 14.1. The minimum absolute atomic E-state index is 0.0446. The van der Waals surface area contributed by atoms with E-state index in [0.29, 0.717) is 11.5 Å². The molecule has 0 fully saturated rings. The second-order valence-corrected chi connectivity index (χ2v) is 5.26. The van der Waals surface area contributed by atoms with E-state index in [1.165, 1.54) is 4.90 Å². The zero-order valence-electron chi connectivity index (χ0n) is 8.41. The van der Waals surface area contributed by atoms with Crippen LogP contribution in [-0.2, 0) is 4.74 Å². The van der Waals surface area contributed by atoms with Crippen molar-refractivity contribution < 1.29 is 9.53 Å². The van der Waals surface area contributed by atoms with Gasteiger partial charge in [-0.3, -0.25) is 4.90 Å². The third-order valence-corrected chi connectivity index (χ3v) is 3.77. The van der Waals surface area contributed by atoms with Crippen LogP contribution in [0.15, 0.2) is 11.6 Å². The Morgan fingerprint density at radius 1 is 1.31 bits per heavy atom. The smallest absolute Gasteiger partial charge is 0.411 e. The summed E-state index contributed by atoms with van der Waals surface area (Å²) in [5.74, 6) is 0.760. The first kappa shape index (κ1) is 16.7. The highest BCUT2D eigenvalue weighted by atomic mass is 35.5. The Bertz CT molecular complexity index is 244. The fourth-order valence-electron chi connectivity index (χ4n) is 0.832. The van der Waals surface area contributed by atoms with Crippen LogP contribution >= 0.6 is 62.1 Å². The summed E-state index contributed by atoms with van der Waals surface area (Å²) in [4.78, 5) is 13.0. The molecule has 0 aliphatic carbocycles. The third kappa shape index (κ3) is 5.86. The molecule has 0 aliphatic heterocycles. The van der Waals surface area contributed by atoms with Gasteiger partial charge in [0, 0.05) is 16.5 Å². The van der Waals surface area contributed by atoms with Crippen molar-refractivity contribution in [2.24, 2.45) is 0 Å². The molecule has 16 heavy (non-hydrogen) atoms. The molecular weight excluding hydrogens is 306 g/mol. The predicted octanol–water partition coefficient (Wildman–Crippen LogP) is 2.55. The molecule has 0 saturated heterocycles. The lowest BCUT2D eigenvalue weighted by atomic mass is 10.5. The van der Waals surface area contributed by atoms with E-state index < -0.39 is 16.8 Å². The zero-order chi connectivity index (χ0) is 12.7. The number of amides is 1. The second kappa shape index (κ2) is 8.74. The molecule has 0 rings (SSSR count). The highest BCUT2D eigenvalue weighted by Crippen LogP contribution is 2.17. The summed E-state index contributed by atoms with van der Waals surface area (Å²) in [6.45, 7) is 3.37. The summed E-state index contributed by atoms with van der Waals surface area (Å²) >= 11 is 22.0. The first-order chi connectivity index (χ1) is 7.43. The molecule has 0 bridgehead atoms. The summed E-state index contributed by atoms with van der Waals surface area (Å²) in [5, 5.41) is -0.542. The summed E-state index contributed by atoms with van der Waals surface area (Å²) in [6, 6.07) is 0. The number of nitrogens with zero attached hydrogens (tertiary/aromatic N) is 1. The largest absolute Gasteiger partial charge is 0.444 e. The Balaban J connectivity index is 4.50. The van der Waals surface area contributed by atoms with Crippen molar-refractivity contribution in [1.29, 1.82) is 0 Å². The first-order valence-electron chi connectivity index (χ1n) is 4.30. The van der Waals surface area contributed by atoms with Crippen molar-refractivity contribution in [3.63, 3.8) is 0 Å². The number of carbonyl (C=O) groups excluding carboxylic acids is 1. The van der Waals surface area contributed by atoms with Gasteiger partial charge in [-0.25, -0.2) is 4.79 Å². The maximum atomic E-state index is 11.7. The van der Waals surface area contributed by atoms with E-state index in [9.17, 15) is 4.79 Å². The van der Waals surface area contributed by atoms with Crippen LogP contribution in [0, 0.1) is 0 Å². The van der Waals surface area contributed by atoms with E-state index in [4.69, 9.17) is 16.3 Å². The van der Waals surface area contributed by atoms with Crippen LogP contribution < -0.4 is 0 Å². The van der Waals surface area contributed by atoms with E-state index in [0.717, 1.165) is 0 Å². The van der Waals surface area contributed by atoms with Gasteiger partial charge in [-0.1, -0.05) is 18.2 Å². The van der Waals surface area contributed by atoms with Crippen LogP contribution in [-0.4, -0.2) is 39.9 Å². The number of halogens is 1. The molecule has 2 atom stereocenters. The highest BCUT2D eigenvalue weighted by Gasteiger charge is 2.26. The topological polar surface area (TPSA) is 29.5 Å². The van der Waals surface area contributed by atoms with Gasteiger partial charge in [-0.2, -0.15) is 50.5 Å². The van der Waals surface area contributed by atoms with Gasteiger partial charge in [0.15, 0.2) is 0 Å². The van der Waals surface area contributed by atoms with Crippen molar-refractivity contribution in [2.75, 3.05) is 18.1 Å². The van der Waals surface area contributed by atoms with Crippen LogP contribution in [0.1, 0.15) is 0 Å². The van der Waals surface area contributed by atoms with Crippen molar-refractivity contribution >= 4 is 68.2 Å². The lowest BCUT2D eigenvalue weighted by molar-refractivity contribution is 0.109. The van der Waals surface area contributed by atoms with Gasteiger partial charge in [0.1, 0.15) is 6.61 Å². The number of ether oxygens (including phenoxy) is 1. The van der Waals surface area contributed by atoms with Gasteiger partial charge in [0.05, 0.1) is 10.7 Å². The number of hydrogen-bond donors (Lipinski definition) is 4. The fraction of sp³-hybridized carbons (Fsp3) is 0.625. The molecule has 0 aromatic carbocycles. The fourth-order valence-corrected chi connectivity index (χ4v) is 1.85. The van der Waals surface area contributed by atoms with E-state index in [1.54, 1.807) is 0 Å². The molecule has 8 heteroatoms. The van der Waals surface area contributed by atoms with Gasteiger partial charge in [0.2, 0.25) is 0 Å². The molecule has 0 heterocycles. The summed E-state index contributed by atoms with van der Waals surface area (Å²) in [7, 11) is 0. The Kier molecular flexibility index (Phi) is 9.12. The van der Waals surface area contributed by atoms with Crippen LogP contribution in [0.5, 0.6) is 0 Å². The molecule has 2 unspecified atom stereocenters. The molecule has 1 amide bonds. The quantitative estimate of drug-likeness (QED) is 0.448. The maximum absolute atomic E-state index is 11.7. The number of hydrogen-bond acceptors (Lipinski definition) is 6. The molecule has 0 radical (unpaired) electrons. The van der Waals surface area contributed by atoms with Gasteiger partial charge < -0.3 is 4.74 Å². The van der Waals surface area contributed by atoms with Crippen molar-refractivity contribution in [1.82, 2.24) is 4.90 Å². The molecule has 0 N–H and O–H groups in total. The van der Waals surface area contributed by atoms with Crippen LogP contribution in [0.3, 0.4) is 0 Å². The Morgan fingerprint density at radius 3 is 2.06 bits per heavy atom. The van der Waals surface area contributed by atoms with Crippen molar-refractivity contribution in [3.8, 4) is 0 Å². The van der Waals surface area contributed by atoms with E-state index in [-0.39, 0.29) is 11.6 Å². The Morgan fingerprint density at radius 2 is 1.75 bits per heavy atom. The molecule has 0 aromatic heterocycles. The van der Waals surface area contributed by atoms with E-state index in [1.807, 2.05) is 0 Å². The minimum atomic E-state index is -0.565. The number of carbonyl (C=O) groups is 1. The Labute approximate surface area is 123 Å². The van der Waals surface area contributed by atoms with Crippen LogP contribution in [0.4, 0.5) is 4.79 Å². The van der Waals surface area contributed by atoms with Gasteiger partial charge in [-0.05, 0) is 0 Å². The molecule has 3 nitrogen and oxygen atoms in total. The second-order valence-electron chi connectivity index (χ2n) is 2.81. The average Bonchev–Trinajstić information content (AvgIpc) is 2.25. The Hall–Kier alpha value is 0.700. The van der Waals surface area contributed by atoms with Gasteiger partial charge >= 0.3 is 6.09 Å². The predicted molar refractivity (Wildman–Crippen MR) is 81.4 cm³/mol. The summed E-state index contributed by atoms with van der Waals surface area (Å²) in [5.41, 5.74) is 0.